The second-order valence-corrected chi connectivity index (χ2v) is 5.86. The number of nitrogens with zero attached hydrogens (tertiary/aromatic N) is 2. The number of furan rings is 2. The maximum atomic E-state index is 13.7. The summed E-state index contributed by atoms with van der Waals surface area (Å²) in [6.45, 7) is -0.464. The van der Waals surface area contributed by atoms with E-state index in [0.29, 0.717) is 29.7 Å². The van der Waals surface area contributed by atoms with Gasteiger partial charge in [-0.25, -0.2) is 13.8 Å². The molecule has 4 rings (SSSR count). The Bertz CT molecular complexity index is 968. The molecule has 27 heavy (non-hydrogen) atoms. The van der Waals surface area contributed by atoms with Crippen LogP contribution in [0.4, 0.5) is 8.78 Å². The molecule has 1 unspecified atom stereocenters. The number of halogens is 2. The number of benzene rings is 1. The van der Waals surface area contributed by atoms with Gasteiger partial charge in [-0.1, -0.05) is 0 Å². The highest BCUT2D eigenvalue weighted by molar-refractivity contribution is 6.01. The van der Waals surface area contributed by atoms with Gasteiger partial charge in [-0.2, -0.15) is 5.10 Å². The predicted molar refractivity (Wildman–Crippen MR) is 90.0 cm³/mol. The molecule has 0 N–H and O–H groups in total. The fourth-order valence-electron chi connectivity index (χ4n) is 2.83. The number of hydrogen-bond donors (Lipinski definition) is 0. The van der Waals surface area contributed by atoms with Crippen LogP contribution in [0.2, 0.25) is 0 Å². The smallest absolute Gasteiger partial charge is 0.281 e. The van der Waals surface area contributed by atoms with Crippen LogP contribution in [-0.2, 0) is 4.79 Å². The summed E-state index contributed by atoms with van der Waals surface area (Å²) in [7, 11) is 0. The van der Waals surface area contributed by atoms with E-state index in [1.807, 2.05) is 0 Å². The number of hydrogen-bond acceptors (Lipinski definition) is 5. The van der Waals surface area contributed by atoms with Crippen molar-refractivity contribution >= 4 is 11.6 Å². The number of carbonyl (C=O) groups is 1. The molecule has 0 spiro atoms. The number of amides is 1. The predicted octanol–water partition coefficient (Wildman–Crippen LogP) is 3.91. The van der Waals surface area contributed by atoms with Gasteiger partial charge in [-0.15, -0.1) is 0 Å². The third kappa shape index (κ3) is 3.46. The average molecular weight is 372 g/mol. The highest BCUT2D eigenvalue weighted by atomic mass is 19.1. The van der Waals surface area contributed by atoms with Gasteiger partial charge in [0, 0.05) is 12.5 Å². The van der Waals surface area contributed by atoms with E-state index in [2.05, 4.69) is 5.10 Å². The molecule has 1 aliphatic heterocycles. The maximum absolute atomic E-state index is 13.7. The minimum Gasteiger partial charge on any atom is -0.481 e. The first-order valence-corrected chi connectivity index (χ1v) is 8.16. The minimum absolute atomic E-state index is 0.214. The van der Waals surface area contributed by atoms with Gasteiger partial charge in [0.15, 0.2) is 18.2 Å². The second kappa shape index (κ2) is 7.06. The lowest BCUT2D eigenvalue weighted by Crippen LogP contribution is -2.31. The van der Waals surface area contributed by atoms with Crippen molar-refractivity contribution in [3.05, 3.63) is 78.1 Å². The molecule has 0 radical (unpaired) electrons. The van der Waals surface area contributed by atoms with E-state index in [1.54, 1.807) is 24.3 Å². The van der Waals surface area contributed by atoms with Crippen molar-refractivity contribution in [3.63, 3.8) is 0 Å². The van der Waals surface area contributed by atoms with Crippen molar-refractivity contribution in [1.82, 2.24) is 5.01 Å². The number of hydrazone groups is 1. The Morgan fingerprint density at radius 3 is 2.70 bits per heavy atom. The molecule has 6 nitrogen and oxygen atoms in total. The molecule has 2 aromatic heterocycles. The fourth-order valence-corrected chi connectivity index (χ4v) is 2.83. The van der Waals surface area contributed by atoms with E-state index >= 15 is 0 Å². The quantitative estimate of drug-likeness (QED) is 0.681. The first-order valence-electron chi connectivity index (χ1n) is 8.16. The molecule has 1 aliphatic rings. The lowest BCUT2D eigenvalue weighted by atomic mass is 10.1. The average Bonchev–Trinajstić information content (AvgIpc) is 3.40. The summed E-state index contributed by atoms with van der Waals surface area (Å²) in [4.78, 5) is 12.6. The summed E-state index contributed by atoms with van der Waals surface area (Å²) in [5.74, 6) is -1.22. The van der Waals surface area contributed by atoms with Crippen molar-refractivity contribution in [3.8, 4) is 5.75 Å². The lowest BCUT2D eigenvalue weighted by molar-refractivity contribution is -0.135. The Balaban J connectivity index is 1.53. The van der Waals surface area contributed by atoms with Gasteiger partial charge in [0.05, 0.1) is 12.5 Å². The van der Waals surface area contributed by atoms with Gasteiger partial charge in [-0.05, 0) is 36.4 Å². The molecule has 8 heteroatoms. The Morgan fingerprint density at radius 1 is 1.19 bits per heavy atom. The summed E-state index contributed by atoms with van der Waals surface area (Å²) in [6.07, 6.45) is 3.43. The van der Waals surface area contributed by atoms with Crippen LogP contribution in [0.25, 0.3) is 0 Å². The Morgan fingerprint density at radius 2 is 2.00 bits per heavy atom. The summed E-state index contributed by atoms with van der Waals surface area (Å²) in [6, 6.07) is 9.34. The fraction of sp³-hybridized carbons (Fsp3) is 0.158. The number of carbonyl (C=O) groups excluding carboxylic acids is 1. The zero-order chi connectivity index (χ0) is 18.8. The normalized spacial score (nSPS) is 16.4. The minimum atomic E-state index is -0.883. The molecular weight excluding hydrogens is 358 g/mol. The van der Waals surface area contributed by atoms with Crippen LogP contribution in [0.1, 0.15) is 24.0 Å². The van der Waals surface area contributed by atoms with Crippen molar-refractivity contribution < 1.29 is 27.1 Å². The van der Waals surface area contributed by atoms with Crippen molar-refractivity contribution in [2.24, 2.45) is 5.10 Å². The van der Waals surface area contributed by atoms with Crippen LogP contribution < -0.4 is 4.74 Å². The van der Waals surface area contributed by atoms with Gasteiger partial charge < -0.3 is 13.6 Å². The molecule has 1 amide bonds. The molecular formula is C19H14F2N2O4. The van der Waals surface area contributed by atoms with Gasteiger partial charge in [0.25, 0.3) is 5.91 Å². The summed E-state index contributed by atoms with van der Waals surface area (Å²) in [5, 5.41) is 5.56. The highest BCUT2D eigenvalue weighted by Crippen LogP contribution is 2.33. The van der Waals surface area contributed by atoms with E-state index in [-0.39, 0.29) is 5.75 Å². The van der Waals surface area contributed by atoms with Gasteiger partial charge in [0.1, 0.15) is 29.1 Å². The lowest BCUT2D eigenvalue weighted by Gasteiger charge is -2.20. The van der Waals surface area contributed by atoms with Crippen LogP contribution in [-0.4, -0.2) is 23.2 Å². The third-order valence-corrected chi connectivity index (χ3v) is 4.09. The second-order valence-electron chi connectivity index (χ2n) is 5.86. The standard InChI is InChI=1S/C19H14F2N2O4/c20-12-5-6-16(13(21)9-12)27-11-19(24)23-15(18-4-2-8-26-18)10-14(22-23)17-3-1-7-25-17/h1-9,15H,10-11H2. The van der Waals surface area contributed by atoms with E-state index in [9.17, 15) is 13.6 Å². The Kier molecular flexibility index (Phi) is 4.45. The highest BCUT2D eigenvalue weighted by Gasteiger charge is 2.35. The molecule has 3 heterocycles. The summed E-state index contributed by atoms with van der Waals surface area (Å²) in [5.41, 5.74) is 0.586. The van der Waals surface area contributed by atoms with Crippen molar-refractivity contribution in [2.45, 2.75) is 12.5 Å². The number of ether oxygens (including phenoxy) is 1. The van der Waals surface area contributed by atoms with Crippen LogP contribution in [0.5, 0.6) is 5.75 Å². The molecule has 3 aromatic rings. The van der Waals surface area contributed by atoms with E-state index < -0.39 is 30.2 Å². The van der Waals surface area contributed by atoms with Crippen LogP contribution >= 0.6 is 0 Å². The molecule has 0 aliphatic carbocycles. The van der Waals surface area contributed by atoms with Gasteiger partial charge in [-0.3, -0.25) is 4.79 Å². The largest absolute Gasteiger partial charge is 0.481 e. The molecule has 0 saturated heterocycles. The maximum Gasteiger partial charge on any atom is 0.281 e. The zero-order valence-corrected chi connectivity index (χ0v) is 14.0. The van der Waals surface area contributed by atoms with E-state index in [0.717, 1.165) is 12.1 Å². The summed E-state index contributed by atoms with van der Waals surface area (Å²) >= 11 is 0. The molecule has 0 saturated carbocycles. The molecule has 0 fully saturated rings. The first kappa shape index (κ1) is 17.0. The third-order valence-electron chi connectivity index (χ3n) is 4.09. The van der Waals surface area contributed by atoms with Crippen LogP contribution in [0.15, 0.2) is 68.9 Å². The van der Waals surface area contributed by atoms with Crippen LogP contribution in [0.3, 0.4) is 0 Å². The zero-order valence-electron chi connectivity index (χ0n) is 14.0. The summed E-state index contributed by atoms with van der Waals surface area (Å²) < 4.78 is 42.6. The van der Waals surface area contributed by atoms with Gasteiger partial charge in [0.2, 0.25) is 0 Å². The topological polar surface area (TPSA) is 68.2 Å². The Hall–Kier alpha value is -3.42. The van der Waals surface area contributed by atoms with Crippen molar-refractivity contribution in [2.75, 3.05) is 6.61 Å². The van der Waals surface area contributed by atoms with Crippen LogP contribution in [0, 0.1) is 11.6 Å². The van der Waals surface area contributed by atoms with Crippen molar-refractivity contribution in [1.29, 1.82) is 0 Å². The van der Waals surface area contributed by atoms with E-state index in [4.69, 9.17) is 13.6 Å². The van der Waals surface area contributed by atoms with Gasteiger partial charge >= 0.3 is 0 Å². The molecule has 1 aromatic carbocycles. The van der Waals surface area contributed by atoms with E-state index in [1.165, 1.54) is 17.5 Å². The SMILES string of the molecule is O=C(COc1ccc(F)cc1F)N1N=C(c2ccco2)CC1c1ccco1. The molecule has 138 valence electrons. The number of rotatable bonds is 5. The monoisotopic (exact) mass is 372 g/mol. The molecule has 0 bridgehead atoms. The molecule has 1 atom stereocenters. The Labute approximate surface area is 152 Å². The first-order chi connectivity index (χ1) is 13.1.